The molecular formula is C16H26BrNO2. The molecule has 1 rings (SSSR count). The number of hydrogen-bond donors (Lipinski definition) is 0. The zero-order valence-electron chi connectivity index (χ0n) is 12.8. The molecule has 0 radical (unpaired) electrons. The molecule has 0 fully saturated rings. The maximum atomic E-state index is 5.86. The minimum absolute atomic E-state index is 0.633. The molecule has 0 heterocycles. The second kappa shape index (κ2) is 10.1. The van der Waals surface area contributed by atoms with E-state index < -0.39 is 0 Å². The quantitative estimate of drug-likeness (QED) is 0.600. The van der Waals surface area contributed by atoms with Crippen LogP contribution in [0.15, 0.2) is 24.3 Å². The minimum atomic E-state index is 0.633. The van der Waals surface area contributed by atoms with E-state index in [1.165, 1.54) is 12.8 Å². The summed E-state index contributed by atoms with van der Waals surface area (Å²) in [5, 5.41) is 0.998. The summed E-state index contributed by atoms with van der Waals surface area (Å²) in [6, 6.07) is 8.42. The number of rotatable bonds is 10. The first kappa shape index (κ1) is 17.3. The Morgan fingerprint density at radius 1 is 1.10 bits per heavy atom. The first-order valence-electron chi connectivity index (χ1n) is 7.32. The van der Waals surface area contributed by atoms with Gasteiger partial charge in [0.25, 0.3) is 0 Å². The van der Waals surface area contributed by atoms with Crippen LogP contribution < -0.4 is 9.47 Å². The highest BCUT2D eigenvalue weighted by atomic mass is 79.9. The van der Waals surface area contributed by atoms with Gasteiger partial charge in [0.1, 0.15) is 6.61 Å². The molecule has 0 amide bonds. The normalized spacial score (nSPS) is 11.1. The van der Waals surface area contributed by atoms with E-state index in [1.54, 1.807) is 7.11 Å². The number of halogens is 1. The van der Waals surface area contributed by atoms with Gasteiger partial charge in [-0.25, -0.2) is 0 Å². The van der Waals surface area contributed by atoms with Crippen LogP contribution in [0.2, 0.25) is 0 Å². The van der Waals surface area contributed by atoms with E-state index in [4.69, 9.17) is 9.47 Å². The summed E-state index contributed by atoms with van der Waals surface area (Å²) in [4.78, 5) is 2.49. The van der Waals surface area contributed by atoms with Gasteiger partial charge >= 0.3 is 0 Å². The Morgan fingerprint density at radius 2 is 1.75 bits per heavy atom. The maximum absolute atomic E-state index is 5.86. The van der Waals surface area contributed by atoms with Gasteiger partial charge in [0.05, 0.1) is 7.11 Å². The third kappa shape index (κ3) is 5.33. The number of para-hydroxylation sites is 2. The molecular weight excluding hydrogens is 318 g/mol. The topological polar surface area (TPSA) is 21.7 Å². The average Bonchev–Trinajstić information content (AvgIpc) is 2.49. The van der Waals surface area contributed by atoms with Gasteiger partial charge in [-0.3, -0.25) is 4.90 Å². The van der Waals surface area contributed by atoms with Crippen LogP contribution >= 0.6 is 15.9 Å². The van der Waals surface area contributed by atoms with E-state index in [2.05, 4.69) is 34.7 Å². The molecule has 3 nitrogen and oxygen atoms in total. The molecule has 114 valence electrons. The van der Waals surface area contributed by atoms with Crippen LogP contribution in [0.4, 0.5) is 0 Å². The molecule has 0 atom stereocenters. The van der Waals surface area contributed by atoms with Crippen molar-refractivity contribution >= 4 is 15.9 Å². The van der Waals surface area contributed by atoms with Crippen LogP contribution in [0.1, 0.15) is 26.7 Å². The summed E-state index contributed by atoms with van der Waals surface area (Å²) in [5.41, 5.74) is 0. The summed E-state index contributed by atoms with van der Waals surface area (Å²) in [5.74, 6) is 1.61. The first-order valence-corrected chi connectivity index (χ1v) is 8.44. The highest BCUT2D eigenvalue weighted by Gasteiger charge is 2.14. The van der Waals surface area contributed by atoms with Gasteiger partial charge in [0, 0.05) is 24.5 Å². The van der Waals surface area contributed by atoms with Crippen LogP contribution in [0.5, 0.6) is 11.5 Å². The van der Waals surface area contributed by atoms with E-state index >= 15 is 0 Å². The minimum Gasteiger partial charge on any atom is -0.493 e. The largest absolute Gasteiger partial charge is 0.493 e. The van der Waals surface area contributed by atoms with E-state index in [0.29, 0.717) is 12.6 Å². The predicted molar refractivity (Wildman–Crippen MR) is 88.2 cm³/mol. The van der Waals surface area contributed by atoms with Gasteiger partial charge in [0.2, 0.25) is 0 Å². The summed E-state index contributed by atoms with van der Waals surface area (Å²) in [7, 11) is 1.67. The second-order valence-electron chi connectivity index (χ2n) is 4.69. The molecule has 0 aliphatic rings. The molecule has 1 aromatic rings. The van der Waals surface area contributed by atoms with Crippen molar-refractivity contribution in [1.82, 2.24) is 4.90 Å². The number of hydrogen-bond acceptors (Lipinski definition) is 3. The van der Waals surface area contributed by atoms with Crippen molar-refractivity contribution in [1.29, 1.82) is 0 Å². The van der Waals surface area contributed by atoms with Gasteiger partial charge < -0.3 is 9.47 Å². The fourth-order valence-electron chi connectivity index (χ4n) is 2.40. The molecule has 0 unspecified atom stereocenters. The first-order chi connectivity index (χ1) is 9.76. The molecule has 1 aromatic carbocycles. The lowest BCUT2D eigenvalue weighted by Gasteiger charge is -2.29. The van der Waals surface area contributed by atoms with Crippen molar-refractivity contribution in [2.45, 2.75) is 32.7 Å². The van der Waals surface area contributed by atoms with Gasteiger partial charge in [0.15, 0.2) is 11.5 Å². The van der Waals surface area contributed by atoms with E-state index in [-0.39, 0.29) is 0 Å². The lowest BCUT2D eigenvalue weighted by atomic mass is 10.1. The van der Waals surface area contributed by atoms with Crippen LogP contribution in [-0.4, -0.2) is 43.1 Å². The smallest absolute Gasteiger partial charge is 0.161 e. The molecule has 20 heavy (non-hydrogen) atoms. The Morgan fingerprint density at radius 3 is 2.30 bits per heavy atom. The number of methoxy groups -OCH3 is 1. The molecule has 0 saturated heterocycles. The van der Waals surface area contributed by atoms with Crippen LogP contribution in [0.25, 0.3) is 0 Å². The molecule has 0 bridgehead atoms. The number of ether oxygens (including phenoxy) is 2. The predicted octanol–water partition coefficient (Wildman–Crippen LogP) is 3.96. The number of nitrogens with zero attached hydrogens (tertiary/aromatic N) is 1. The number of benzene rings is 1. The van der Waals surface area contributed by atoms with E-state index in [0.717, 1.165) is 29.9 Å². The van der Waals surface area contributed by atoms with Gasteiger partial charge in [-0.2, -0.15) is 0 Å². The SMILES string of the molecule is CCC(CC)N(CCBr)CCOc1ccccc1OC. The van der Waals surface area contributed by atoms with Gasteiger partial charge in [-0.1, -0.05) is 41.9 Å². The molecule has 0 saturated carbocycles. The fourth-order valence-corrected chi connectivity index (χ4v) is 2.86. The number of alkyl halides is 1. The fraction of sp³-hybridized carbons (Fsp3) is 0.625. The zero-order valence-corrected chi connectivity index (χ0v) is 14.4. The molecule has 0 aliphatic carbocycles. The zero-order chi connectivity index (χ0) is 14.8. The Labute approximate surface area is 131 Å². The summed E-state index contributed by atoms with van der Waals surface area (Å²) >= 11 is 3.53. The second-order valence-corrected chi connectivity index (χ2v) is 5.49. The molecule has 0 aromatic heterocycles. The van der Waals surface area contributed by atoms with Crippen LogP contribution in [0.3, 0.4) is 0 Å². The van der Waals surface area contributed by atoms with Crippen molar-refractivity contribution < 1.29 is 9.47 Å². The lowest BCUT2D eigenvalue weighted by molar-refractivity contribution is 0.158. The lowest BCUT2D eigenvalue weighted by Crippen LogP contribution is -2.38. The third-order valence-corrected chi connectivity index (χ3v) is 3.89. The van der Waals surface area contributed by atoms with Crippen LogP contribution in [-0.2, 0) is 0 Å². The monoisotopic (exact) mass is 343 g/mol. The van der Waals surface area contributed by atoms with Gasteiger partial charge in [-0.15, -0.1) is 0 Å². The molecule has 4 heteroatoms. The Kier molecular flexibility index (Phi) is 8.70. The molecule has 0 N–H and O–H groups in total. The van der Waals surface area contributed by atoms with Crippen molar-refractivity contribution in [3.05, 3.63) is 24.3 Å². The van der Waals surface area contributed by atoms with E-state index in [9.17, 15) is 0 Å². The van der Waals surface area contributed by atoms with Crippen molar-refractivity contribution in [2.24, 2.45) is 0 Å². The van der Waals surface area contributed by atoms with Gasteiger partial charge in [-0.05, 0) is 25.0 Å². The third-order valence-electron chi connectivity index (χ3n) is 3.54. The van der Waals surface area contributed by atoms with E-state index in [1.807, 2.05) is 24.3 Å². The summed E-state index contributed by atoms with van der Waals surface area (Å²) in [6.45, 7) is 7.18. The Bertz CT molecular complexity index is 369. The molecule has 0 spiro atoms. The highest BCUT2D eigenvalue weighted by Crippen LogP contribution is 2.25. The van der Waals surface area contributed by atoms with Crippen molar-refractivity contribution in [3.8, 4) is 11.5 Å². The maximum Gasteiger partial charge on any atom is 0.161 e. The highest BCUT2D eigenvalue weighted by molar-refractivity contribution is 9.09. The van der Waals surface area contributed by atoms with Crippen LogP contribution in [0, 0.1) is 0 Å². The Balaban J connectivity index is 2.51. The van der Waals surface area contributed by atoms with Crippen molar-refractivity contribution in [3.63, 3.8) is 0 Å². The summed E-state index contributed by atoms with van der Waals surface area (Å²) < 4.78 is 11.2. The molecule has 0 aliphatic heterocycles. The summed E-state index contributed by atoms with van der Waals surface area (Å²) in [6.07, 6.45) is 2.36. The van der Waals surface area contributed by atoms with Crippen molar-refractivity contribution in [2.75, 3.05) is 32.1 Å². The average molecular weight is 344 g/mol. The Hall–Kier alpha value is -0.740. The standard InChI is InChI=1S/C16H26BrNO2/c1-4-14(5-2)18(11-10-17)12-13-20-16-9-7-6-8-15(16)19-3/h6-9,14H,4-5,10-13H2,1-3H3.